The Hall–Kier alpha value is -3.34. The predicted molar refractivity (Wildman–Crippen MR) is 109 cm³/mol. The number of methoxy groups -OCH3 is 1. The van der Waals surface area contributed by atoms with Crippen LogP contribution in [-0.2, 0) is 0 Å². The van der Waals surface area contributed by atoms with Gasteiger partial charge in [0.1, 0.15) is 11.4 Å². The van der Waals surface area contributed by atoms with Crippen molar-refractivity contribution < 1.29 is 9.53 Å². The van der Waals surface area contributed by atoms with E-state index in [4.69, 9.17) is 4.74 Å². The van der Waals surface area contributed by atoms with Crippen molar-refractivity contribution in [3.63, 3.8) is 0 Å². The fourth-order valence-electron chi connectivity index (χ4n) is 2.62. The van der Waals surface area contributed by atoms with Crippen LogP contribution in [0.1, 0.15) is 35.8 Å². The molecule has 138 valence electrons. The molecule has 27 heavy (non-hydrogen) atoms. The van der Waals surface area contributed by atoms with Crippen molar-refractivity contribution in [2.45, 2.75) is 19.8 Å². The van der Waals surface area contributed by atoms with Gasteiger partial charge in [-0.25, -0.2) is 4.98 Å². The lowest BCUT2D eigenvalue weighted by Crippen LogP contribution is -2.13. The van der Waals surface area contributed by atoms with Crippen LogP contribution in [0.2, 0.25) is 0 Å². The normalized spacial score (nSPS) is 10.5. The minimum atomic E-state index is -0.268. The third-order valence-corrected chi connectivity index (χ3v) is 4.19. The summed E-state index contributed by atoms with van der Waals surface area (Å²) in [5.74, 6) is 0.919. The molecule has 0 saturated carbocycles. The highest BCUT2D eigenvalue weighted by atomic mass is 16.5. The highest BCUT2D eigenvalue weighted by molar-refractivity contribution is 6.03. The summed E-state index contributed by atoms with van der Waals surface area (Å²) < 4.78 is 5.16. The molecule has 5 heteroatoms. The van der Waals surface area contributed by atoms with Gasteiger partial charge in [-0.1, -0.05) is 32.0 Å². The van der Waals surface area contributed by atoms with Crippen molar-refractivity contribution in [2.24, 2.45) is 0 Å². The van der Waals surface area contributed by atoms with E-state index in [-0.39, 0.29) is 5.91 Å². The number of benzene rings is 2. The third kappa shape index (κ3) is 4.85. The van der Waals surface area contributed by atoms with Gasteiger partial charge in [-0.05, 0) is 47.9 Å². The Labute approximate surface area is 159 Å². The molecule has 3 rings (SSSR count). The summed E-state index contributed by atoms with van der Waals surface area (Å²) in [5.41, 5.74) is 4.11. The zero-order valence-corrected chi connectivity index (χ0v) is 15.7. The Balaban J connectivity index is 1.64. The maximum Gasteiger partial charge on any atom is 0.274 e. The Morgan fingerprint density at radius 3 is 2.33 bits per heavy atom. The third-order valence-electron chi connectivity index (χ3n) is 4.19. The van der Waals surface area contributed by atoms with Gasteiger partial charge in [0.15, 0.2) is 0 Å². The quantitative estimate of drug-likeness (QED) is 0.633. The van der Waals surface area contributed by atoms with Crippen molar-refractivity contribution in [3.8, 4) is 5.75 Å². The number of pyridine rings is 1. The topological polar surface area (TPSA) is 63.2 Å². The van der Waals surface area contributed by atoms with Gasteiger partial charge in [0.05, 0.1) is 19.0 Å². The number of nitrogens with one attached hydrogen (secondary N) is 2. The number of nitrogens with zero attached hydrogens (tertiary/aromatic N) is 1. The summed E-state index contributed by atoms with van der Waals surface area (Å²) >= 11 is 0. The summed E-state index contributed by atoms with van der Waals surface area (Å²) in [6, 6.07) is 19.0. The Kier molecular flexibility index (Phi) is 5.71. The largest absolute Gasteiger partial charge is 0.497 e. The average molecular weight is 361 g/mol. The Bertz CT molecular complexity index is 904. The second kappa shape index (κ2) is 8.36. The molecule has 0 saturated heterocycles. The number of rotatable bonds is 6. The highest BCUT2D eigenvalue weighted by Crippen LogP contribution is 2.21. The lowest BCUT2D eigenvalue weighted by atomic mass is 10.0. The SMILES string of the molecule is COc1cccc(NC(=O)c2ccc(Nc3ccc(C(C)C)cc3)cn2)c1. The standard InChI is InChI=1S/C22H23N3O2/c1-15(2)16-7-9-17(10-8-16)24-19-11-12-21(23-14-19)22(26)25-18-5-4-6-20(13-18)27-3/h4-15,24H,1-3H3,(H,25,26). The van der Waals surface area contributed by atoms with E-state index in [1.165, 1.54) is 5.56 Å². The van der Waals surface area contributed by atoms with E-state index in [1.807, 2.05) is 30.3 Å². The first-order valence-electron chi connectivity index (χ1n) is 8.83. The van der Waals surface area contributed by atoms with E-state index in [0.717, 1.165) is 11.4 Å². The second-order valence-corrected chi connectivity index (χ2v) is 6.52. The van der Waals surface area contributed by atoms with Crippen LogP contribution in [0.15, 0.2) is 66.9 Å². The molecule has 3 aromatic rings. The van der Waals surface area contributed by atoms with Gasteiger partial charge in [-0.2, -0.15) is 0 Å². The van der Waals surface area contributed by atoms with Crippen LogP contribution in [0.4, 0.5) is 17.1 Å². The van der Waals surface area contributed by atoms with Gasteiger partial charge in [0, 0.05) is 17.4 Å². The number of carbonyl (C=O) groups is 1. The summed E-state index contributed by atoms with van der Waals surface area (Å²) in [6.07, 6.45) is 1.65. The van der Waals surface area contributed by atoms with Crippen LogP contribution in [0, 0.1) is 0 Å². The van der Waals surface area contributed by atoms with Gasteiger partial charge in [-0.3, -0.25) is 4.79 Å². The maximum absolute atomic E-state index is 12.3. The van der Waals surface area contributed by atoms with E-state index in [2.05, 4.69) is 41.6 Å². The molecule has 5 nitrogen and oxygen atoms in total. The summed E-state index contributed by atoms with van der Waals surface area (Å²) in [6.45, 7) is 4.34. The van der Waals surface area contributed by atoms with Gasteiger partial charge in [-0.15, -0.1) is 0 Å². The van der Waals surface area contributed by atoms with E-state index < -0.39 is 0 Å². The molecule has 2 aromatic carbocycles. The summed E-state index contributed by atoms with van der Waals surface area (Å²) in [7, 11) is 1.59. The van der Waals surface area contributed by atoms with Gasteiger partial charge in [0.2, 0.25) is 0 Å². The number of carbonyl (C=O) groups excluding carboxylic acids is 1. The second-order valence-electron chi connectivity index (χ2n) is 6.52. The number of ether oxygens (including phenoxy) is 1. The minimum Gasteiger partial charge on any atom is -0.497 e. The molecule has 0 fully saturated rings. The smallest absolute Gasteiger partial charge is 0.274 e. The van der Waals surface area contributed by atoms with Gasteiger partial charge in [0.25, 0.3) is 5.91 Å². The fourth-order valence-corrected chi connectivity index (χ4v) is 2.62. The lowest BCUT2D eigenvalue weighted by molar-refractivity contribution is 0.102. The van der Waals surface area contributed by atoms with E-state index in [1.54, 1.807) is 31.5 Å². The van der Waals surface area contributed by atoms with Crippen molar-refractivity contribution in [1.29, 1.82) is 0 Å². The van der Waals surface area contributed by atoms with Crippen LogP contribution < -0.4 is 15.4 Å². The zero-order valence-electron chi connectivity index (χ0n) is 15.7. The zero-order chi connectivity index (χ0) is 19.2. The molecule has 0 atom stereocenters. The first-order valence-corrected chi connectivity index (χ1v) is 8.83. The molecule has 1 heterocycles. The number of hydrogen-bond donors (Lipinski definition) is 2. The van der Waals surface area contributed by atoms with E-state index in [9.17, 15) is 4.79 Å². The summed E-state index contributed by atoms with van der Waals surface area (Å²) in [4.78, 5) is 16.6. The molecular formula is C22H23N3O2. The van der Waals surface area contributed by atoms with Gasteiger partial charge < -0.3 is 15.4 Å². The first kappa shape index (κ1) is 18.5. The van der Waals surface area contributed by atoms with Crippen LogP contribution in [-0.4, -0.2) is 18.0 Å². The number of aromatic nitrogens is 1. The van der Waals surface area contributed by atoms with Gasteiger partial charge >= 0.3 is 0 Å². The Morgan fingerprint density at radius 1 is 0.963 bits per heavy atom. The highest BCUT2D eigenvalue weighted by Gasteiger charge is 2.08. The lowest BCUT2D eigenvalue weighted by Gasteiger charge is -2.10. The monoisotopic (exact) mass is 361 g/mol. The minimum absolute atomic E-state index is 0.268. The van der Waals surface area contributed by atoms with E-state index in [0.29, 0.717) is 23.0 Å². The molecule has 0 radical (unpaired) electrons. The molecule has 1 aromatic heterocycles. The molecule has 0 aliphatic carbocycles. The van der Waals surface area contributed by atoms with Crippen LogP contribution in [0.25, 0.3) is 0 Å². The maximum atomic E-state index is 12.3. The molecule has 0 bridgehead atoms. The van der Waals surface area contributed by atoms with Crippen molar-refractivity contribution in [2.75, 3.05) is 17.7 Å². The number of anilines is 3. The predicted octanol–water partition coefficient (Wildman–Crippen LogP) is 5.21. The van der Waals surface area contributed by atoms with Crippen molar-refractivity contribution in [3.05, 3.63) is 78.1 Å². The van der Waals surface area contributed by atoms with Crippen LogP contribution >= 0.6 is 0 Å². The molecular weight excluding hydrogens is 338 g/mol. The molecule has 0 unspecified atom stereocenters. The molecule has 2 N–H and O–H groups in total. The molecule has 0 spiro atoms. The van der Waals surface area contributed by atoms with Crippen molar-refractivity contribution in [1.82, 2.24) is 4.98 Å². The average Bonchev–Trinajstić information content (AvgIpc) is 2.69. The number of hydrogen-bond acceptors (Lipinski definition) is 4. The fraction of sp³-hybridized carbons (Fsp3) is 0.182. The molecule has 0 aliphatic heterocycles. The molecule has 0 aliphatic rings. The van der Waals surface area contributed by atoms with Crippen molar-refractivity contribution >= 4 is 23.0 Å². The Morgan fingerprint density at radius 2 is 1.70 bits per heavy atom. The van der Waals surface area contributed by atoms with E-state index >= 15 is 0 Å². The first-order chi connectivity index (χ1) is 13.0. The summed E-state index contributed by atoms with van der Waals surface area (Å²) in [5, 5.41) is 6.11. The van der Waals surface area contributed by atoms with Crippen LogP contribution in [0.3, 0.4) is 0 Å². The molecule has 1 amide bonds. The van der Waals surface area contributed by atoms with Crippen LogP contribution in [0.5, 0.6) is 5.75 Å². The number of amides is 1.